The monoisotopic (exact) mass is 229 g/mol. The number of hydrogen-bond donors (Lipinski definition) is 1. The molecule has 3 atom stereocenters. The summed E-state index contributed by atoms with van der Waals surface area (Å²) < 4.78 is 5.31. The predicted octanol–water partition coefficient (Wildman–Crippen LogP) is 1.03. The Morgan fingerprint density at radius 2 is 2.25 bits per heavy atom. The lowest BCUT2D eigenvalue weighted by Gasteiger charge is -2.39. The zero-order valence-corrected chi connectivity index (χ0v) is 10.7. The molecule has 1 heterocycles. The lowest BCUT2D eigenvalue weighted by molar-refractivity contribution is -0.156. The molecule has 0 aliphatic carbocycles. The Balaban J connectivity index is 2.68. The molecule has 0 saturated carbocycles. The minimum absolute atomic E-state index is 0.0382. The van der Waals surface area contributed by atoms with E-state index in [1.807, 2.05) is 25.7 Å². The van der Waals surface area contributed by atoms with Gasteiger partial charge in [0.25, 0.3) is 5.91 Å². The van der Waals surface area contributed by atoms with Gasteiger partial charge in [-0.1, -0.05) is 13.8 Å². The highest BCUT2D eigenvalue weighted by Crippen LogP contribution is 2.23. The number of carbonyl (C=O) groups excluding carboxylic acids is 1. The van der Waals surface area contributed by atoms with E-state index in [1.165, 1.54) is 0 Å². The molecule has 3 unspecified atom stereocenters. The van der Waals surface area contributed by atoms with Crippen LogP contribution in [0.2, 0.25) is 0 Å². The topological polar surface area (TPSA) is 49.8 Å². The Morgan fingerprint density at radius 3 is 2.69 bits per heavy atom. The first-order valence-electron chi connectivity index (χ1n) is 5.97. The van der Waals surface area contributed by atoms with Crippen molar-refractivity contribution >= 4 is 5.91 Å². The average Bonchev–Trinajstić information content (AvgIpc) is 2.30. The van der Waals surface area contributed by atoms with E-state index in [1.54, 1.807) is 7.11 Å². The summed E-state index contributed by atoms with van der Waals surface area (Å²) in [6, 6.07) is 0. The van der Waals surface area contributed by atoms with Crippen molar-refractivity contribution in [2.45, 2.75) is 45.3 Å². The Labute approximate surface area is 97.6 Å². The van der Waals surface area contributed by atoms with Gasteiger partial charge in [0.2, 0.25) is 0 Å². The highest BCUT2D eigenvalue weighted by molar-refractivity contribution is 5.84. The minimum Gasteiger partial charge on any atom is -0.393 e. The fourth-order valence-corrected chi connectivity index (χ4v) is 2.04. The number of rotatable bonds is 3. The average molecular weight is 229 g/mol. The van der Waals surface area contributed by atoms with Gasteiger partial charge in [-0.2, -0.15) is 0 Å². The van der Waals surface area contributed by atoms with Gasteiger partial charge >= 0.3 is 0 Å². The Morgan fingerprint density at radius 1 is 1.62 bits per heavy atom. The molecule has 4 nitrogen and oxygen atoms in total. The van der Waals surface area contributed by atoms with Crippen molar-refractivity contribution in [3.63, 3.8) is 0 Å². The third-order valence-corrected chi connectivity index (χ3v) is 3.72. The van der Waals surface area contributed by atoms with Crippen LogP contribution in [0.1, 0.15) is 33.6 Å². The molecule has 1 rings (SSSR count). The lowest BCUT2D eigenvalue weighted by Crippen LogP contribution is -2.53. The molecule has 0 aromatic heterocycles. The fourth-order valence-electron chi connectivity index (χ4n) is 2.04. The molecule has 1 fully saturated rings. The zero-order valence-electron chi connectivity index (χ0n) is 10.7. The van der Waals surface area contributed by atoms with Gasteiger partial charge in [-0.3, -0.25) is 4.79 Å². The number of amides is 1. The van der Waals surface area contributed by atoms with E-state index in [4.69, 9.17) is 4.74 Å². The number of methoxy groups -OCH3 is 1. The summed E-state index contributed by atoms with van der Waals surface area (Å²) >= 11 is 0. The highest BCUT2D eigenvalue weighted by Gasteiger charge is 2.37. The number of likely N-dealkylation sites (tertiary alicyclic amines) is 1. The van der Waals surface area contributed by atoms with Crippen molar-refractivity contribution < 1.29 is 14.6 Å². The number of ether oxygens (including phenoxy) is 1. The first kappa shape index (κ1) is 13.5. The van der Waals surface area contributed by atoms with Gasteiger partial charge in [0.15, 0.2) is 0 Å². The van der Waals surface area contributed by atoms with Crippen LogP contribution in [0.15, 0.2) is 0 Å². The van der Waals surface area contributed by atoms with E-state index in [2.05, 4.69) is 0 Å². The van der Waals surface area contributed by atoms with Gasteiger partial charge in [-0.15, -0.1) is 0 Å². The van der Waals surface area contributed by atoms with Gasteiger partial charge < -0.3 is 14.7 Å². The normalized spacial score (nSPS) is 29.9. The smallest absolute Gasteiger partial charge is 0.254 e. The van der Waals surface area contributed by atoms with E-state index in [-0.39, 0.29) is 17.9 Å². The van der Waals surface area contributed by atoms with Crippen LogP contribution in [0.25, 0.3) is 0 Å². The Bertz CT molecular complexity index is 251. The van der Waals surface area contributed by atoms with Crippen LogP contribution in [-0.2, 0) is 9.53 Å². The van der Waals surface area contributed by atoms with Crippen LogP contribution in [0, 0.1) is 5.92 Å². The molecule has 0 radical (unpaired) electrons. The molecule has 94 valence electrons. The summed E-state index contributed by atoms with van der Waals surface area (Å²) in [5.41, 5.74) is -0.720. The van der Waals surface area contributed by atoms with Crippen LogP contribution < -0.4 is 0 Å². The summed E-state index contributed by atoms with van der Waals surface area (Å²) in [6.45, 7) is 7.00. The molecule has 0 spiro atoms. The number of hydrogen-bond acceptors (Lipinski definition) is 3. The van der Waals surface area contributed by atoms with Crippen LogP contribution in [-0.4, -0.2) is 47.8 Å². The van der Waals surface area contributed by atoms with Crippen LogP contribution >= 0.6 is 0 Å². The molecule has 16 heavy (non-hydrogen) atoms. The first-order valence-corrected chi connectivity index (χ1v) is 5.97. The van der Waals surface area contributed by atoms with Crippen molar-refractivity contribution in [1.82, 2.24) is 4.90 Å². The van der Waals surface area contributed by atoms with Crippen molar-refractivity contribution in [1.29, 1.82) is 0 Å². The van der Waals surface area contributed by atoms with Crippen LogP contribution in [0.5, 0.6) is 0 Å². The molecule has 1 amide bonds. The number of carbonyl (C=O) groups is 1. The third-order valence-electron chi connectivity index (χ3n) is 3.72. The third kappa shape index (κ3) is 2.55. The molecule has 1 aliphatic heterocycles. The molecule has 0 aromatic carbocycles. The second kappa shape index (κ2) is 5.15. The maximum Gasteiger partial charge on any atom is 0.254 e. The number of nitrogens with zero attached hydrogens (tertiary/aromatic N) is 1. The molecule has 1 aliphatic rings. The van der Waals surface area contributed by atoms with E-state index in [9.17, 15) is 9.90 Å². The fraction of sp³-hybridized carbons (Fsp3) is 0.917. The Hall–Kier alpha value is -0.610. The zero-order chi connectivity index (χ0) is 12.3. The van der Waals surface area contributed by atoms with Gasteiger partial charge in [0, 0.05) is 20.2 Å². The van der Waals surface area contributed by atoms with Crippen molar-refractivity contribution in [3.05, 3.63) is 0 Å². The van der Waals surface area contributed by atoms with Gasteiger partial charge in [-0.05, 0) is 25.7 Å². The molecule has 0 bridgehead atoms. The highest BCUT2D eigenvalue weighted by atomic mass is 16.5. The van der Waals surface area contributed by atoms with Gasteiger partial charge in [0.05, 0.1) is 6.10 Å². The summed E-state index contributed by atoms with van der Waals surface area (Å²) in [6.07, 6.45) is 1.05. The molecule has 1 N–H and O–H groups in total. The summed E-state index contributed by atoms with van der Waals surface area (Å²) in [7, 11) is 1.57. The molecular formula is C12H23NO3. The van der Waals surface area contributed by atoms with E-state index < -0.39 is 5.60 Å². The number of aliphatic hydroxyl groups is 1. The largest absolute Gasteiger partial charge is 0.393 e. The lowest BCUT2D eigenvalue weighted by atomic mass is 9.94. The van der Waals surface area contributed by atoms with Gasteiger partial charge in [0.1, 0.15) is 5.60 Å². The second-order valence-electron chi connectivity index (χ2n) is 4.87. The number of aliphatic hydroxyl groups excluding tert-OH is 1. The van der Waals surface area contributed by atoms with Crippen LogP contribution in [0.4, 0.5) is 0 Å². The minimum atomic E-state index is -0.720. The van der Waals surface area contributed by atoms with Crippen molar-refractivity contribution in [2.75, 3.05) is 20.2 Å². The standard InChI is InChI=1S/C12H23NO3/c1-5-12(3,16-4)11(15)13-7-6-10(14)9(2)8-13/h9-10,14H,5-8H2,1-4H3. The molecule has 1 saturated heterocycles. The van der Waals surface area contributed by atoms with E-state index in [0.717, 1.165) is 0 Å². The quantitative estimate of drug-likeness (QED) is 0.786. The van der Waals surface area contributed by atoms with E-state index >= 15 is 0 Å². The van der Waals surface area contributed by atoms with Crippen LogP contribution in [0.3, 0.4) is 0 Å². The number of piperidine rings is 1. The van der Waals surface area contributed by atoms with Gasteiger partial charge in [-0.25, -0.2) is 0 Å². The summed E-state index contributed by atoms with van der Waals surface area (Å²) in [4.78, 5) is 14.1. The van der Waals surface area contributed by atoms with Crippen molar-refractivity contribution in [2.24, 2.45) is 5.92 Å². The van der Waals surface area contributed by atoms with Crippen molar-refractivity contribution in [3.8, 4) is 0 Å². The summed E-state index contributed by atoms with van der Waals surface area (Å²) in [5.74, 6) is 0.187. The SMILES string of the molecule is CCC(C)(OC)C(=O)N1CCC(O)C(C)C1. The maximum atomic E-state index is 12.3. The summed E-state index contributed by atoms with van der Waals surface area (Å²) in [5, 5.41) is 9.63. The molecule has 4 heteroatoms. The van der Waals surface area contributed by atoms with E-state index in [0.29, 0.717) is 25.9 Å². The molecule has 0 aromatic rings. The molecular weight excluding hydrogens is 206 g/mol. The predicted molar refractivity (Wildman–Crippen MR) is 62.1 cm³/mol. The second-order valence-corrected chi connectivity index (χ2v) is 4.87. The maximum absolute atomic E-state index is 12.3. The Kier molecular flexibility index (Phi) is 4.33. The first-order chi connectivity index (χ1) is 7.44.